The van der Waals surface area contributed by atoms with E-state index in [0.717, 1.165) is 32.3 Å². The van der Waals surface area contributed by atoms with E-state index in [2.05, 4.69) is 5.32 Å². The lowest BCUT2D eigenvalue weighted by Gasteiger charge is -2.46. The number of amides is 1. The Morgan fingerprint density at radius 3 is 2.29 bits per heavy atom. The fourth-order valence-electron chi connectivity index (χ4n) is 2.55. The molecule has 0 aromatic rings. The fourth-order valence-corrected chi connectivity index (χ4v) is 2.55. The molecule has 4 heteroatoms. The van der Waals surface area contributed by atoms with Crippen LogP contribution in [0.4, 0.5) is 4.79 Å². The molecule has 1 saturated heterocycles. The van der Waals surface area contributed by atoms with Gasteiger partial charge >= 0.3 is 6.09 Å². The molecule has 0 unspecified atom stereocenters. The number of ether oxygens (including phenoxy) is 2. The quantitative estimate of drug-likeness (QED) is 0.767. The van der Waals surface area contributed by atoms with Gasteiger partial charge < -0.3 is 14.8 Å². The number of nitrogens with one attached hydrogen (secondary N) is 1. The Bertz CT molecular complexity index is 282. The molecule has 4 nitrogen and oxygen atoms in total. The van der Waals surface area contributed by atoms with Gasteiger partial charge in [0.1, 0.15) is 5.60 Å². The highest BCUT2D eigenvalue weighted by Crippen LogP contribution is 2.40. The molecule has 1 aliphatic heterocycles. The largest absolute Gasteiger partial charge is 0.444 e. The van der Waals surface area contributed by atoms with Crippen molar-refractivity contribution in [2.45, 2.75) is 70.1 Å². The lowest BCUT2D eigenvalue weighted by Crippen LogP contribution is -2.50. The van der Waals surface area contributed by atoms with Crippen molar-refractivity contribution in [3.05, 3.63) is 0 Å². The molecule has 1 spiro atoms. The van der Waals surface area contributed by atoms with Crippen LogP contribution in [0.5, 0.6) is 0 Å². The van der Waals surface area contributed by atoms with Gasteiger partial charge in [-0.05, 0) is 52.9 Å². The number of alkyl carbamates (subject to hydrolysis) is 1. The minimum Gasteiger partial charge on any atom is -0.444 e. The normalized spacial score (nSPS) is 33.0. The minimum atomic E-state index is -0.420. The van der Waals surface area contributed by atoms with E-state index < -0.39 is 5.60 Å². The third-order valence-corrected chi connectivity index (χ3v) is 3.58. The third-order valence-electron chi connectivity index (χ3n) is 3.58. The molecule has 0 radical (unpaired) electrons. The maximum atomic E-state index is 11.6. The summed E-state index contributed by atoms with van der Waals surface area (Å²) in [6.07, 6.45) is 5.01. The Balaban J connectivity index is 1.72. The molecular weight excluding hydrogens is 218 g/mol. The number of rotatable bonds is 1. The SMILES string of the molecule is CC(C)(C)OC(=O)NC1CCC2(CCO2)CC1. The lowest BCUT2D eigenvalue weighted by molar-refractivity contribution is -0.167. The first kappa shape index (κ1) is 12.7. The van der Waals surface area contributed by atoms with Gasteiger partial charge in [0.2, 0.25) is 0 Å². The van der Waals surface area contributed by atoms with Crippen molar-refractivity contribution >= 4 is 6.09 Å². The molecule has 2 fully saturated rings. The molecule has 1 N–H and O–H groups in total. The summed E-state index contributed by atoms with van der Waals surface area (Å²) in [4.78, 5) is 11.6. The van der Waals surface area contributed by atoms with E-state index in [1.165, 1.54) is 6.42 Å². The molecule has 2 rings (SSSR count). The van der Waals surface area contributed by atoms with Gasteiger partial charge in [0.25, 0.3) is 0 Å². The van der Waals surface area contributed by atoms with Crippen LogP contribution in [0, 0.1) is 0 Å². The van der Waals surface area contributed by atoms with E-state index in [0.29, 0.717) is 0 Å². The van der Waals surface area contributed by atoms with Crippen LogP contribution in [0.3, 0.4) is 0 Å². The van der Waals surface area contributed by atoms with Crippen LogP contribution in [0.2, 0.25) is 0 Å². The van der Waals surface area contributed by atoms with Crippen LogP contribution in [0.1, 0.15) is 52.9 Å². The van der Waals surface area contributed by atoms with Gasteiger partial charge in [0.05, 0.1) is 12.2 Å². The number of hydrogen-bond acceptors (Lipinski definition) is 3. The maximum absolute atomic E-state index is 11.6. The van der Waals surface area contributed by atoms with Gasteiger partial charge in [-0.2, -0.15) is 0 Å². The summed E-state index contributed by atoms with van der Waals surface area (Å²) in [7, 11) is 0. The van der Waals surface area contributed by atoms with Crippen LogP contribution in [-0.2, 0) is 9.47 Å². The summed E-state index contributed by atoms with van der Waals surface area (Å²) in [6, 6.07) is 0.250. The minimum absolute atomic E-state index is 0.159. The van der Waals surface area contributed by atoms with E-state index in [9.17, 15) is 4.79 Å². The smallest absolute Gasteiger partial charge is 0.407 e. The van der Waals surface area contributed by atoms with E-state index in [1.807, 2.05) is 20.8 Å². The molecular formula is C13H23NO3. The van der Waals surface area contributed by atoms with Crippen LogP contribution >= 0.6 is 0 Å². The van der Waals surface area contributed by atoms with Gasteiger partial charge in [-0.15, -0.1) is 0 Å². The first-order chi connectivity index (χ1) is 7.89. The standard InChI is InChI=1S/C13H23NO3/c1-12(2,3)17-11(15)14-10-4-6-13(7-5-10)8-9-16-13/h10H,4-9H2,1-3H3,(H,14,15). The monoisotopic (exact) mass is 241 g/mol. The molecule has 0 aromatic heterocycles. The Morgan fingerprint density at radius 2 is 1.88 bits per heavy atom. The summed E-state index contributed by atoms with van der Waals surface area (Å²) in [6.45, 7) is 6.55. The molecule has 0 aromatic carbocycles. The molecule has 1 amide bonds. The first-order valence-corrected chi connectivity index (χ1v) is 6.52. The number of hydrogen-bond donors (Lipinski definition) is 1. The van der Waals surface area contributed by atoms with Gasteiger partial charge in [-0.25, -0.2) is 4.79 Å². The van der Waals surface area contributed by atoms with E-state index in [4.69, 9.17) is 9.47 Å². The van der Waals surface area contributed by atoms with Crippen LogP contribution < -0.4 is 5.32 Å². The molecule has 17 heavy (non-hydrogen) atoms. The van der Waals surface area contributed by atoms with Crippen LogP contribution in [0.15, 0.2) is 0 Å². The molecule has 98 valence electrons. The summed E-state index contributed by atoms with van der Waals surface area (Å²) >= 11 is 0. The molecule has 2 aliphatic rings. The molecule has 0 bridgehead atoms. The summed E-state index contributed by atoms with van der Waals surface area (Å²) in [5, 5.41) is 2.94. The van der Waals surface area contributed by atoms with Crippen LogP contribution in [0.25, 0.3) is 0 Å². The Kier molecular flexibility index (Phi) is 3.34. The second-order valence-electron chi connectivity index (χ2n) is 6.20. The topological polar surface area (TPSA) is 47.6 Å². The highest BCUT2D eigenvalue weighted by Gasteiger charge is 2.41. The molecule has 1 aliphatic carbocycles. The molecule has 0 atom stereocenters. The summed E-state index contributed by atoms with van der Waals surface area (Å²) in [5.74, 6) is 0. The number of carbonyl (C=O) groups excluding carboxylic acids is 1. The zero-order valence-corrected chi connectivity index (χ0v) is 11.0. The van der Waals surface area contributed by atoms with Crippen molar-refractivity contribution in [3.63, 3.8) is 0 Å². The summed E-state index contributed by atoms with van der Waals surface area (Å²) in [5.41, 5.74) is -0.261. The molecule has 1 heterocycles. The van der Waals surface area contributed by atoms with Crippen molar-refractivity contribution in [2.24, 2.45) is 0 Å². The second-order valence-corrected chi connectivity index (χ2v) is 6.20. The highest BCUT2D eigenvalue weighted by molar-refractivity contribution is 5.68. The zero-order chi connectivity index (χ0) is 12.5. The van der Waals surface area contributed by atoms with Crippen molar-refractivity contribution in [1.29, 1.82) is 0 Å². The van der Waals surface area contributed by atoms with Crippen molar-refractivity contribution in [2.75, 3.05) is 6.61 Å². The maximum Gasteiger partial charge on any atom is 0.407 e. The lowest BCUT2D eigenvalue weighted by atomic mass is 9.77. The Hall–Kier alpha value is -0.770. The first-order valence-electron chi connectivity index (χ1n) is 6.52. The number of carbonyl (C=O) groups is 1. The Morgan fingerprint density at radius 1 is 1.29 bits per heavy atom. The highest BCUT2D eigenvalue weighted by atomic mass is 16.6. The van der Waals surface area contributed by atoms with Crippen molar-refractivity contribution in [1.82, 2.24) is 5.32 Å². The second kappa shape index (κ2) is 4.48. The fraction of sp³-hybridized carbons (Fsp3) is 0.923. The van der Waals surface area contributed by atoms with Gasteiger partial charge in [0, 0.05) is 6.04 Å². The third kappa shape index (κ3) is 3.35. The van der Waals surface area contributed by atoms with Gasteiger partial charge in [0.15, 0.2) is 0 Å². The van der Waals surface area contributed by atoms with Crippen LogP contribution in [-0.4, -0.2) is 29.9 Å². The zero-order valence-electron chi connectivity index (χ0n) is 11.0. The van der Waals surface area contributed by atoms with E-state index in [1.54, 1.807) is 0 Å². The van der Waals surface area contributed by atoms with Crippen molar-refractivity contribution in [3.8, 4) is 0 Å². The van der Waals surface area contributed by atoms with E-state index in [-0.39, 0.29) is 17.7 Å². The predicted molar refractivity (Wildman–Crippen MR) is 64.9 cm³/mol. The average molecular weight is 241 g/mol. The van der Waals surface area contributed by atoms with Gasteiger partial charge in [-0.1, -0.05) is 0 Å². The Labute approximate surface area is 103 Å². The molecule has 1 saturated carbocycles. The average Bonchev–Trinajstić information content (AvgIpc) is 2.13. The van der Waals surface area contributed by atoms with Gasteiger partial charge in [-0.3, -0.25) is 0 Å². The predicted octanol–water partition coefficient (Wildman–Crippen LogP) is 2.61. The summed E-state index contributed by atoms with van der Waals surface area (Å²) < 4.78 is 10.9. The van der Waals surface area contributed by atoms with E-state index >= 15 is 0 Å². The van der Waals surface area contributed by atoms with Crippen molar-refractivity contribution < 1.29 is 14.3 Å².